The zero-order valence-electron chi connectivity index (χ0n) is 27.6. The van der Waals surface area contributed by atoms with Gasteiger partial charge in [0.25, 0.3) is 5.91 Å². The van der Waals surface area contributed by atoms with Gasteiger partial charge >= 0.3 is 0 Å². The molecule has 0 aliphatic rings. The van der Waals surface area contributed by atoms with Gasteiger partial charge in [0.1, 0.15) is 6.04 Å². The first kappa shape index (κ1) is 34.1. The van der Waals surface area contributed by atoms with Gasteiger partial charge in [0.05, 0.1) is 27.1 Å². The van der Waals surface area contributed by atoms with Crippen LogP contribution in [0.4, 0.5) is 11.4 Å². The molecular weight excluding hydrogens is 602 g/mol. The molecule has 0 unspecified atom stereocenters. The smallest absolute Gasteiger partial charge is 0.251 e. The van der Waals surface area contributed by atoms with Crippen LogP contribution in [0.15, 0.2) is 71.9 Å². The van der Waals surface area contributed by atoms with Crippen LogP contribution in [-0.4, -0.2) is 67.9 Å². The van der Waals surface area contributed by atoms with E-state index in [4.69, 9.17) is 14.2 Å². The molecule has 0 saturated heterocycles. The number of aromatic nitrogens is 2. The average molecular weight is 644 g/mol. The number of benzene rings is 3. The minimum atomic E-state index is -1.07. The highest BCUT2D eigenvalue weighted by Gasteiger charge is 2.34. The molecule has 1 heterocycles. The first-order valence-corrected chi connectivity index (χ1v) is 15.7. The Morgan fingerprint density at radius 3 is 2.00 bits per heavy atom. The Morgan fingerprint density at radius 2 is 1.46 bits per heavy atom. The van der Waals surface area contributed by atoms with E-state index in [0.717, 1.165) is 28.2 Å². The number of aryl methyl sites for hydroxylation is 3. The maximum Gasteiger partial charge on any atom is 0.251 e. The third kappa shape index (κ3) is 8.28. The molecule has 242 valence electrons. The lowest BCUT2D eigenvalue weighted by Gasteiger charge is -2.32. The summed E-state index contributed by atoms with van der Waals surface area (Å²) in [6.07, 6.45) is 0. The van der Waals surface area contributed by atoms with E-state index < -0.39 is 11.9 Å². The summed E-state index contributed by atoms with van der Waals surface area (Å²) < 4.78 is 16.8. The molecule has 4 aromatic rings. The predicted molar refractivity (Wildman–Crippen MR) is 182 cm³/mol. The van der Waals surface area contributed by atoms with Gasteiger partial charge in [-0.05, 0) is 79.9 Å². The number of ether oxygens (including phenoxy) is 3. The minimum absolute atomic E-state index is 0.0144. The summed E-state index contributed by atoms with van der Waals surface area (Å²) in [7, 11) is 8.44. The van der Waals surface area contributed by atoms with Crippen LogP contribution in [0.2, 0.25) is 0 Å². The molecule has 46 heavy (non-hydrogen) atoms. The van der Waals surface area contributed by atoms with Crippen molar-refractivity contribution in [2.45, 2.75) is 38.5 Å². The van der Waals surface area contributed by atoms with Crippen LogP contribution in [0.3, 0.4) is 0 Å². The van der Waals surface area contributed by atoms with E-state index in [9.17, 15) is 9.59 Å². The van der Waals surface area contributed by atoms with E-state index >= 15 is 0 Å². The first-order valence-electron chi connectivity index (χ1n) is 14.7. The highest BCUT2D eigenvalue weighted by Crippen LogP contribution is 2.41. The Labute approximate surface area is 275 Å². The van der Waals surface area contributed by atoms with Crippen molar-refractivity contribution < 1.29 is 23.8 Å². The fourth-order valence-electron chi connectivity index (χ4n) is 5.05. The SMILES string of the molecule is COc1cc([C@@H](C(=O)Nc2ccc(N(C)C)cc2)N(Cc2ccccc2C)C(=O)CSc2nc(C)cc(C)n2)cc(OC)c1OC. The summed E-state index contributed by atoms with van der Waals surface area (Å²) in [5, 5.41) is 3.54. The topological polar surface area (TPSA) is 106 Å². The predicted octanol–water partition coefficient (Wildman–Crippen LogP) is 5.99. The quantitative estimate of drug-likeness (QED) is 0.139. The van der Waals surface area contributed by atoms with Gasteiger partial charge in [-0.2, -0.15) is 0 Å². The summed E-state index contributed by atoms with van der Waals surface area (Å²) in [6.45, 7) is 5.94. The van der Waals surface area contributed by atoms with Gasteiger partial charge in [-0.25, -0.2) is 9.97 Å². The van der Waals surface area contributed by atoms with E-state index in [0.29, 0.717) is 33.7 Å². The van der Waals surface area contributed by atoms with Crippen LogP contribution in [0.5, 0.6) is 17.2 Å². The molecule has 10 nitrogen and oxygen atoms in total. The van der Waals surface area contributed by atoms with E-state index in [1.54, 1.807) is 17.0 Å². The van der Waals surface area contributed by atoms with Crippen LogP contribution in [0.1, 0.15) is 34.1 Å². The molecule has 11 heteroatoms. The van der Waals surface area contributed by atoms with Crippen molar-refractivity contribution >= 4 is 35.0 Å². The van der Waals surface area contributed by atoms with Crippen molar-refractivity contribution in [2.75, 3.05) is 51.4 Å². The Balaban J connectivity index is 1.82. The summed E-state index contributed by atoms with van der Waals surface area (Å²) in [5.41, 5.74) is 5.60. The zero-order chi connectivity index (χ0) is 33.4. The molecule has 0 spiro atoms. The lowest BCUT2D eigenvalue weighted by Crippen LogP contribution is -2.42. The number of hydrogen-bond donors (Lipinski definition) is 1. The van der Waals surface area contributed by atoms with Crippen LogP contribution in [0, 0.1) is 20.8 Å². The molecule has 0 fully saturated rings. The molecule has 4 rings (SSSR count). The molecule has 0 bridgehead atoms. The highest BCUT2D eigenvalue weighted by molar-refractivity contribution is 7.99. The van der Waals surface area contributed by atoms with Gasteiger partial charge in [-0.1, -0.05) is 36.0 Å². The monoisotopic (exact) mass is 643 g/mol. The summed E-state index contributed by atoms with van der Waals surface area (Å²) in [5.74, 6) is 0.457. The third-order valence-electron chi connectivity index (χ3n) is 7.42. The first-order chi connectivity index (χ1) is 22.0. The number of anilines is 2. The second-order valence-corrected chi connectivity index (χ2v) is 11.9. The molecule has 1 atom stereocenters. The van der Waals surface area contributed by atoms with E-state index in [2.05, 4.69) is 15.3 Å². The molecule has 2 amide bonds. The van der Waals surface area contributed by atoms with Crippen LogP contribution in [-0.2, 0) is 16.1 Å². The van der Waals surface area contributed by atoms with Gasteiger partial charge in [-0.3, -0.25) is 9.59 Å². The molecule has 3 aromatic carbocycles. The van der Waals surface area contributed by atoms with Gasteiger partial charge in [0, 0.05) is 43.4 Å². The van der Waals surface area contributed by atoms with E-state index in [1.165, 1.54) is 33.1 Å². The largest absolute Gasteiger partial charge is 0.493 e. The molecule has 0 radical (unpaired) electrons. The minimum Gasteiger partial charge on any atom is -0.493 e. The molecule has 0 aliphatic heterocycles. The van der Waals surface area contributed by atoms with Gasteiger partial charge in [-0.15, -0.1) is 0 Å². The number of amides is 2. The standard InChI is InChI=1S/C35H41N5O5S/c1-22-11-9-10-12-25(22)20-40(31(41)21-46-35-36-23(2)17-24(3)37-35)32(26-18-29(43-6)33(45-8)30(19-26)44-7)34(42)38-27-13-15-28(16-14-27)39(4)5/h9-19,32H,20-21H2,1-8H3,(H,38,42)/t32-/m0/s1. The maximum atomic E-state index is 14.4. The Hall–Kier alpha value is -4.77. The number of nitrogens with zero attached hydrogens (tertiary/aromatic N) is 4. The number of rotatable bonds is 13. The third-order valence-corrected chi connectivity index (χ3v) is 8.25. The Bertz CT molecular complexity index is 1630. The van der Waals surface area contributed by atoms with Crippen LogP contribution in [0.25, 0.3) is 0 Å². The normalized spacial score (nSPS) is 11.4. The fraction of sp³-hybridized carbons (Fsp3) is 0.314. The molecule has 0 saturated carbocycles. The maximum absolute atomic E-state index is 14.4. The van der Waals surface area contributed by atoms with Crippen molar-refractivity contribution in [2.24, 2.45) is 0 Å². The van der Waals surface area contributed by atoms with Crippen molar-refractivity contribution in [1.82, 2.24) is 14.9 Å². The number of carbonyl (C=O) groups is 2. The number of carbonyl (C=O) groups excluding carboxylic acids is 2. The zero-order valence-corrected chi connectivity index (χ0v) is 28.4. The summed E-state index contributed by atoms with van der Waals surface area (Å²) in [4.78, 5) is 41.3. The second kappa shape index (κ2) is 15.5. The summed E-state index contributed by atoms with van der Waals surface area (Å²) >= 11 is 1.23. The van der Waals surface area contributed by atoms with Crippen molar-refractivity contribution in [3.63, 3.8) is 0 Å². The van der Waals surface area contributed by atoms with Gasteiger partial charge in [0.2, 0.25) is 11.7 Å². The van der Waals surface area contributed by atoms with Crippen molar-refractivity contribution in [3.8, 4) is 17.2 Å². The molecule has 1 aromatic heterocycles. The van der Waals surface area contributed by atoms with Crippen LogP contribution < -0.4 is 24.4 Å². The highest BCUT2D eigenvalue weighted by atomic mass is 32.2. The second-order valence-electron chi connectivity index (χ2n) is 11.0. The molecule has 0 aliphatic carbocycles. The lowest BCUT2D eigenvalue weighted by atomic mass is 10.0. The number of hydrogen-bond acceptors (Lipinski definition) is 9. The van der Waals surface area contributed by atoms with Crippen LogP contribution >= 0.6 is 11.8 Å². The lowest BCUT2D eigenvalue weighted by molar-refractivity contribution is -0.137. The van der Waals surface area contributed by atoms with E-state index in [1.807, 2.05) is 94.4 Å². The van der Waals surface area contributed by atoms with Crippen molar-refractivity contribution in [3.05, 3.63) is 94.8 Å². The summed E-state index contributed by atoms with van der Waals surface area (Å²) in [6, 6.07) is 19.5. The number of thioether (sulfide) groups is 1. The molecule has 1 N–H and O–H groups in total. The number of methoxy groups -OCH3 is 3. The van der Waals surface area contributed by atoms with Gasteiger partial charge in [0.15, 0.2) is 16.7 Å². The van der Waals surface area contributed by atoms with Gasteiger partial charge < -0.3 is 29.3 Å². The van der Waals surface area contributed by atoms with E-state index in [-0.39, 0.29) is 18.2 Å². The fourth-order valence-corrected chi connectivity index (χ4v) is 5.88. The Kier molecular flexibility index (Phi) is 11.5. The van der Waals surface area contributed by atoms with Crippen molar-refractivity contribution in [1.29, 1.82) is 0 Å². The average Bonchev–Trinajstić information content (AvgIpc) is 3.03. The molecular formula is C35H41N5O5S. The Morgan fingerprint density at radius 1 is 0.848 bits per heavy atom. The number of nitrogens with one attached hydrogen (secondary N) is 1.